The Hall–Kier alpha value is -2.95. The van der Waals surface area contributed by atoms with E-state index in [1.807, 2.05) is 43.3 Å². The maximum absolute atomic E-state index is 5.77. The van der Waals surface area contributed by atoms with Crippen LogP contribution >= 0.6 is 0 Å². The average Bonchev–Trinajstić information content (AvgIpc) is 2.50. The van der Waals surface area contributed by atoms with Crippen LogP contribution in [0.3, 0.4) is 0 Å². The minimum atomic E-state index is 0.532. The van der Waals surface area contributed by atoms with Crippen molar-refractivity contribution in [3.05, 3.63) is 60.6 Å². The maximum Gasteiger partial charge on any atom is 0.227 e. The summed E-state index contributed by atoms with van der Waals surface area (Å²) in [4.78, 5) is 13.0. The van der Waals surface area contributed by atoms with E-state index in [0.717, 1.165) is 22.5 Å². The molecule has 0 spiro atoms. The lowest BCUT2D eigenvalue weighted by molar-refractivity contribution is 1.13. The summed E-state index contributed by atoms with van der Waals surface area (Å²) in [6, 6.07) is 11.3. The first kappa shape index (κ1) is 13.1. The van der Waals surface area contributed by atoms with E-state index in [9.17, 15) is 0 Å². The Kier molecular flexibility index (Phi) is 3.47. The highest BCUT2D eigenvalue weighted by Crippen LogP contribution is 2.22. The second-order valence-corrected chi connectivity index (χ2v) is 4.72. The minimum absolute atomic E-state index is 0.532. The van der Waals surface area contributed by atoms with Gasteiger partial charge in [0, 0.05) is 35.5 Å². The molecule has 3 N–H and O–H groups in total. The molecule has 3 aromatic rings. The molecule has 104 valence electrons. The van der Waals surface area contributed by atoms with Gasteiger partial charge in [-0.15, -0.1) is 0 Å². The summed E-state index contributed by atoms with van der Waals surface area (Å²) in [7, 11) is 0. The van der Waals surface area contributed by atoms with Crippen molar-refractivity contribution >= 4 is 17.3 Å². The number of nitrogens with two attached hydrogens (primary N) is 1. The van der Waals surface area contributed by atoms with Gasteiger partial charge >= 0.3 is 0 Å². The Morgan fingerprint density at radius 2 is 2.00 bits per heavy atom. The number of hydrogen-bond acceptors (Lipinski definition) is 5. The first-order valence-corrected chi connectivity index (χ1v) is 6.59. The predicted octanol–water partition coefficient (Wildman–Crippen LogP) is 3.17. The lowest BCUT2D eigenvalue weighted by Crippen LogP contribution is -2.00. The first-order chi connectivity index (χ1) is 10.2. The molecule has 1 aromatic carbocycles. The standard InChI is InChI=1S/C16H15N5/c1-11-9-19-16(20-14-6-2-5-13(17)8-14)21-15(11)12-4-3-7-18-10-12/h2-10H,17H2,1H3,(H,19,20,21). The molecule has 0 aliphatic carbocycles. The topological polar surface area (TPSA) is 76.7 Å². The van der Waals surface area contributed by atoms with Crippen LogP contribution in [0.2, 0.25) is 0 Å². The Balaban J connectivity index is 1.94. The van der Waals surface area contributed by atoms with E-state index in [1.165, 1.54) is 0 Å². The van der Waals surface area contributed by atoms with Gasteiger partial charge in [0.15, 0.2) is 0 Å². The van der Waals surface area contributed by atoms with Gasteiger partial charge in [0.05, 0.1) is 5.69 Å². The highest BCUT2D eigenvalue weighted by atomic mass is 15.1. The quantitative estimate of drug-likeness (QED) is 0.719. The van der Waals surface area contributed by atoms with Gasteiger partial charge in [-0.2, -0.15) is 0 Å². The molecule has 0 aliphatic rings. The van der Waals surface area contributed by atoms with Crippen LogP contribution in [-0.4, -0.2) is 15.0 Å². The second kappa shape index (κ2) is 5.58. The number of hydrogen-bond donors (Lipinski definition) is 2. The van der Waals surface area contributed by atoms with Gasteiger partial charge < -0.3 is 11.1 Å². The van der Waals surface area contributed by atoms with E-state index in [2.05, 4.69) is 20.3 Å². The zero-order valence-electron chi connectivity index (χ0n) is 11.6. The monoisotopic (exact) mass is 277 g/mol. The van der Waals surface area contributed by atoms with Crippen molar-refractivity contribution in [3.8, 4) is 11.3 Å². The number of nitrogens with one attached hydrogen (secondary N) is 1. The molecule has 2 heterocycles. The van der Waals surface area contributed by atoms with Gasteiger partial charge in [0.25, 0.3) is 0 Å². The van der Waals surface area contributed by atoms with Crippen LogP contribution in [0.4, 0.5) is 17.3 Å². The third-order valence-corrected chi connectivity index (χ3v) is 3.05. The second-order valence-electron chi connectivity index (χ2n) is 4.72. The molecule has 3 rings (SSSR count). The third-order valence-electron chi connectivity index (χ3n) is 3.05. The fourth-order valence-corrected chi connectivity index (χ4v) is 2.04. The molecule has 0 saturated carbocycles. The number of nitrogens with zero attached hydrogens (tertiary/aromatic N) is 3. The van der Waals surface area contributed by atoms with Crippen molar-refractivity contribution in [1.82, 2.24) is 15.0 Å². The van der Waals surface area contributed by atoms with Crippen LogP contribution < -0.4 is 11.1 Å². The van der Waals surface area contributed by atoms with Crippen molar-refractivity contribution < 1.29 is 0 Å². The number of aromatic nitrogens is 3. The molecule has 0 amide bonds. The van der Waals surface area contributed by atoms with Crippen LogP contribution in [-0.2, 0) is 0 Å². The zero-order valence-corrected chi connectivity index (χ0v) is 11.6. The number of nitrogen functional groups attached to an aromatic ring is 1. The van der Waals surface area contributed by atoms with Gasteiger partial charge in [0.2, 0.25) is 5.95 Å². The summed E-state index contributed by atoms with van der Waals surface area (Å²) in [6.07, 6.45) is 5.33. The smallest absolute Gasteiger partial charge is 0.227 e. The highest BCUT2D eigenvalue weighted by Gasteiger charge is 2.07. The van der Waals surface area contributed by atoms with Crippen LogP contribution in [0.5, 0.6) is 0 Å². The van der Waals surface area contributed by atoms with Crippen molar-refractivity contribution in [1.29, 1.82) is 0 Å². The summed E-state index contributed by atoms with van der Waals surface area (Å²) in [5.41, 5.74) is 10.2. The Bertz CT molecular complexity index is 756. The molecule has 0 saturated heterocycles. The van der Waals surface area contributed by atoms with E-state index in [0.29, 0.717) is 11.6 Å². The van der Waals surface area contributed by atoms with E-state index in [4.69, 9.17) is 5.73 Å². The van der Waals surface area contributed by atoms with Crippen molar-refractivity contribution in [2.45, 2.75) is 6.92 Å². The molecular weight excluding hydrogens is 262 g/mol. The lowest BCUT2D eigenvalue weighted by atomic mass is 10.1. The van der Waals surface area contributed by atoms with Crippen LogP contribution in [0.15, 0.2) is 55.0 Å². The molecule has 0 atom stereocenters. The van der Waals surface area contributed by atoms with Gasteiger partial charge in [-0.1, -0.05) is 6.07 Å². The molecule has 0 bridgehead atoms. The summed E-state index contributed by atoms with van der Waals surface area (Å²) < 4.78 is 0. The Labute approximate surface area is 122 Å². The van der Waals surface area contributed by atoms with Crippen molar-refractivity contribution in [3.63, 3.8) is 0 Å². The summed E-state index contributed by atoms with van der Waals surface area (Å²) >= 11 is 0. The Morgan fingerprint density at radius 3 is 2.76 bits per heavy atom. The fourth-order valence-electron chi connectivity index (χ4n) is 2.04. The molecule has 2 aromatic heterocycles. The predicted molar refractivity (Wildman–Crippen MR) is 84.1 cm³/mol. The molecule has 0 unspecified atom stereocenters. The molecular formula is C16H15N5. The minimum Gasteiger partial charge on any atom is -0.399 e. The van der Waals surface area contributed by atoms with Gasteiger partial charge in [-0.3, -0.25) is 4.98 Å². The molecule has 21 heavy (non-hydrogen) atoms. The van der Waals surface area contributed by atoms with E-state index < -0.39 is 0 Å². The van der Waals surface area contributed by atoms with Gasteiger partial charge in [0.1, 0.15) is 0 Å². The fraction of sp³-hybridized carbons (Fsp3) is 0.0625. The molecule has 5 heteroatoms. The largest absolute Gasteiger partial charge is 0.399 e. The number of pyridine rings is 1. The molecule has 0 radical (unpaired) electrons. The first-order valence-electron chi connectivity index (χ1n) is 6.59. The molecule has 0 fully saturated rings. The van der Waals surface area contributed by atoms with E-state index >= 15 is 0 Å². The summed E-state index contributed by atoms with van der Waals surface area (Å²) in [5.74, 6) is 0.532. The maximum atomic E-state index is 5.77. The highest BCUT2D eigenvalue weighted by molar-refractivity contribution is 5.65. The van der Waals surface area contributed by atoms with Crippen LogP contribution in [0, 0.1) is 6.92 Å². The number of rotatable bonds is 3. The number of aryl methyl sites for hydroxylation is 1. The number of anilines is 3. The van der Waals surface area contributed by atoms with E-state index in [1.54, 1.807) is 18.6 Å². The summed E-state index contributed by atoms with van der Waals surface area (Å²) in [6.45, 7) is 1.98. The van der Waals surface area contributed by atoms with Crippen LogP contribution in [0.25, 0.3) is 11.3 Å². The molecule has 0 aliphatic heterocycles. The van der Waals surface area contributed by atoms with Crippen LogP contribution in [0.1, 0.15) is 5.56 Å². The van der Waals surface area contributed by atoms with Gasteiger partial charge in [-0.25, -0.2) is 9.97 Å². The number of benzene rings is 1. The van der Waals surface area contributed by atoms with Gasteiger partial charge in [-0.05, 0) is 42.8 Å². The van der Waals surface area contributed by atoms with E-state index in [-0.39, 0.29) is 0 Å². The lowest BCUT2D eigenvalue weighted by Gasteiger charge is -2.09. The summed E-state index contributed by atoms with van der Waals surface area (Å²) in [5, 5.41) is 3.16. The Morgan fingerprint density at radius 1 is 1.10 bits per heavy atom. The zero-order chi connectivity index (χ0) is 14.7. The normalized spacial score (nSPS) is 10.3. The van der Waals surface area contributed by atoms with Crippen molar-refractivity contribution in [2.24, 2.45) is 0 Å². The molecule has 5 nitrogen and oxygen atoms in total. The SMILES string of the molecule is Cc1cnc(Nc2cccc(N)c2)nc1-c1cccnc1. The van der Waals surface area contributed by atoms with Crippen molar-refractivity contribution in [2.75, 3.05) is 11.1 Å². The average molecular weight is 277 g/mol. The third kappa shape index (κ3) is 2.97.